The maximum atomic E-state index is 4.20. The molecular weight excluding hydrogens is 228 g/mol. The molecule has 0 aliphatic carbocycles. The quantitative estimate of drug-likeness (QED) is 0.678. The summed E-state index contributed by atoms with van der Waals surface area (Å²) >= 11 is 0. The van der Waals surface area contributed by atoms with Crippen molar-refractivity contribution in [3.05, 3.63) is 49.1 Å². The molecule has 6 heteroatoms. The summed E-state index contributed by atoms with van der Waals surface area (Å²) in [6.45, 7) is 0. The number of hydrazine groups is 1. The van der Waals surface area contributed by atoms with Crippen LogP contribution in [0.25, 0.3) is 11.2 Å². The van der Waals surface area contributed by atoms with Gasteiger partial charge in [-0.1, -0.05) is 18.2 Å². The first-order valence-electron chi connectivity index (χ1n) is 5.42. The molecule has 0 radical (unpaired) electrons. The van der Waals surface area contributed by atoms with Gasteiger partial charge in [-0.3, -0.25) is 10.9 Å². The third kappa shape index (κ3) is 2.03. The summed E-state index contributed by atoms with van der Waals surface area (Å²) in [5.41, 5.74) is 8.17. The molecule has 18 heavy (non-hydrogen) atoms. The fourth-order valence-corrected chi connectivity index (χ4v) is 1.54. The average Bonchev–Trinajstić information content (AvgIpc) is 2.46. The molecule has 0 bridgehead atoms. The molecular formula is C12H10N6. The third-order valence-electron chi connectivity index (χ3n) is 2.37. The van der Waals surface area contributed by atoms with Crippen LogP contribution in [0, 0.1) is 0 Å². The molecule has 2 aromatic heterocycles. The summed E-state index contributed by atoms with van der Waals surface area (Å²) < 4.78 is 0. The van der Waals surface area contributed by atoms with E-state index in [1.165, 1.54) is 6.33 Å². The summed E-state index contributed by atoms with van der Waals surface area (Å²) in [6.07, 6.45) is 4.66. The minimum absolute atomic E-state index is 0.560. The number of fused-ring (bicyclic) bond motifs is 1. The van der Waals surface area contributed by atoms with Crippen LogP contribution >= 0.6 is 0 Å². The van der Waals surface area contributed by atoms with Crippen molar-refractivity contribution in [3.63, 3.8) is 0 Å². The van der Waals surface area contributed by atoms with Gasteiger partial charge in [0.05, 0.1) is 5.69 Å². The van der Waals surface area contributed by atoms with E-state index in [0.29, 0.717) is 17.0 Å². The zero-order chi connectivity index (χ0) is 12.2. The Morgan fingerprint density at radius 1 is 0.778 bits per heavy atom. The number of benzene rings is 1. The van der Waals surface area contributed by atoms with Crippen molar-refractivity contribution in [3.8, 4) is 0 Å². The Morgan fingerprint density at radius 2 is 1.61 bits per heavy atom. The van der Waals surface area contributed by atoms with Crippen LogP contribution in [0.4, 0.5) is 11.5 Å². The molecule has 2 heterocycles. The standard InChI is InChI=1S/C12H10N6/c1-2-4-9(5-3-1)17-18-12-10-11(15-8-16-12)14-7-6-13-10/h1-8,17H,(H,14,15,16,18). The van der Waals surface area contributed by atoms with E-state index in [-0.39, 0.29) is 0 Å². The van der Waals surface area contributed by atoms with Gasteiger partial charge >= 0.3 is 0 Å². The van der Waals surface area contributed by atoms with E-state index >= 15 is 0 Å². The molecule has 1 aromatic carbocycles. The predicted molar refractivity (Wildman–Crippen MR) is 68.8 cm³/mol. The van der Waals surface area contributed by atoms with E-state index in [0.717, 1.165) is 5.69 Å². The molecule has 3 aromatic rings. The van der Waals surface area contributed by atoms with Crippen molar-refractivity contribution in [2.24, 2.45) is 0 Å². The largest absolute Gasteiger partial charge is 0.300 e. The van der Waals surface area contributed by atoms with E-state index in [2.05, 4.69) is 30.8 Å². The summed E-state index contributed by atoms with van der Waals surface area (Å²) in [4.78, 5) is 16.5. The molecule has 0 amide bonds. The number of para-hydroxylation sites is 1. The lowest BCUT2D eigenvalue weighted by Gasteiger charge is -2.09. The Bertz CT molecular complexity index is 650. The number of hydrogen-bond donors (Lipinski definition) is 2. The predicted octanol–water partition coefficient (Wildman–Crippen LogP) is 1.86. The van der Waals surface area contributed by atoms with Crippen molar-refractivity contribution < 1.29 is 0 Å². The summed E-state index contributed by atoms with van der Waals surface area (Å²) in [7, 11) is 0. The first-order valence-corrected chi connectivity index (χ1v) is 5.42. The van der Waals surface area contributed by atoms with Crippen molar-refractivity contribution in [1.29, 1.82) is 0 Å². The van der Waals surface area contributed by atoms with E-state index in [1.807, 2.05) is 30.3 Å². The van der Waals surface area contributed by atoms with E-state index in [1.54, 1.807) is 12.4 Å². The average molecular weight is 238 g/mol. The maximum absolute atomic E-state index is 4.20. The highest BCUT2D eigenvalue weighted by Crippen LogP contribution is 2.14. The molecule has 0 unspecified atom stereocenters. The highest BCUT2D eigenvalue weighted by Gasteiger charge is 2.04. The molecule has 88 valence electrons. The number of aromatic nitrogens is 4. The lowest BCUT2D eigenvalue weighted by atomic mass is 10.3. The van der Waals surface area contributed by atoms with Crippen LogP contribution in [0.1, 0.15) is 0 Å². The number of nitrogens with zero attached hydrogens (tertiary/aromatic N) is 4. The normalized spacial score (nSPS) is 10.2. The Morgan fingerprint density at radius 3 is 2.50 bits per heavy atom. The second-order valence-electron chi connectivity index (χ2n) is 3.57. The third-order valence-corrected chi connectivity index (χ3v) is 2.37. The van der Waals surface area contributed by atoms with Gasteiger partial charge in [0, 0.05) is 12.4 Å². The van der Waals surface area contributed by atoms with Gasteiger partial charge < -0.3 is 0 Å². The Labute approximate surface area is 103 Å². The molecule has 2 N–H and O–H groups in total. The van der Waals surface area contributed by atoms with Crippen LogP contribution in [0.15, 0.2) is 49.1 Å². The fourth-order valence-electron chi connectivity index (χ4n) is 1.54. The van der Waals surface area contributed by atoms with Crippen molar-refractivity contribution in [1.82, 2.24) is 19.9 Å². The number of hydrogen-bond acceptors (Lipinski definition) is 6. The molecule has 3 rings (SSSR count). The van der Waals surface area contributed by atoms with Crippen molar-refractivity contribution in [2.45, 2.75) is 0 Å². The molecule has 6 nitrogen and oxygen atoms in total. The van der Waals surface area contributed by atoms with Gasteiger partial charge in [0.1, 0.15) is 6.33 Å². The Hall–Kier alpha value is -2.76. The Balaban J connectivity index is 1.87. The minimum Gasteiger partial charge on any atom is -0.300 e. The monoisotopic (exact) mass is 238 g/mol. The SMILES string of the molecule is c1ccc(NNc2ncnc3nccnc23)cc1. The lowest BCUT2D eigenvalue weighted by Crippen LogP contribution is -2.11. The second kappa shape index (κ2) is 4.62. The van der Waals surface area contributed by atoms with Gasteiger partial charge in [-0.05, 0) is 12.1 Å². The highest BCUT2D eigenvalue weighted by atomic mass is 15.4. The van der Waals surface area contributed by atoms with Crippen LogP contribution < -0.4 is 10.9 Å². The highest BCUT2D eigenvalue weighted by molar-refractivity contribution is 5.81. The summed E-state index contributed by atoms with van der Waals surface area (Å²) in [5.74, 6) is 0.594. The minimum atomic E-state index is 0.560. The van der Waals surface area contributed by atoms with Crippen LogP contribution in [0.5, 0.6) is 0 Å². The van der Waals surface area contributed by atoms with E-state index < -0.39 is 0 Å². The van der Waals surface area contributed by atoms with Crippen LogP contribution in [0.3, 0.4) is 0 Å². The van der Waals surface area contributed by atoms with Gasteiger partial charge in [0.15, 0.2) is 17.0 Å². The smallest absolute Gasteiger partial charge is 0.183 e. The van der Waals surface area contributed by atoms with E-state index in [4.69, 9.17) is 0 Å². The van der Waals surface area contributed by atoms with E-state index in [9.17, 15) is 0 Å². The van der Waals surface area contributed by atoms with Crippen LogP contribution in [-0.2, 0) is 0 Å². The first kappa shape index (κ1) is 10.4. The van der Waals surface area contributed by atoms with Crippen molar-refractivity contribution >= 4 is 22.7 Å². The molecule has 0 saturated heterocycles. The zero-order valence-corrected chi connectivity index (χ0v) is 9.41. The lowest BCUT2D eigenvalue weighted by molar-refractivity contribution is 1.14. The second-order valence-corrected chi connectivity index (χ2v) is 3.57. The van der Waals surface area contributed by atoms with Gasteiger partial charge in [-0.25, -0.2) is 19.9 Å². The molecule has 0 aliphatic rings. The van der Waals surface area contributed by atoms with Crippen LogP contribution in [-0.4, -0.2) is 19.9 Å². The molecule has 0 saturated carbocycles. The van der Waals surface area contributed by atoms with Gasteiger partial charge in [0.2, 0.25) is 0 Å². The van der Waals surface area contributed by atoms with Crippen LogP contribution in [0.2, 0.25) is 0 Å². The number of rotatable bonds is 3. The molecule has 0 spiro atoms. The summed E-state index contributed by atoms with van der Waals surface area (Å²) in [6, 6.07) is 9.74. The number of anilines is 2. The number of nitrogens with one attached hydrogen (secondary N) is 2. The van der Waals surface area contributed by atoms with Gasteiger partial charge in [-0.2, -0.15) is 0 Å². The molecule has 0 aliphatic heterocycles. The van der Waals surface area contributed by atoms with Crippen molar-refractivity contribution in [2.75, 3.05) is 10.9 Å². The summed E-state index contributed by atoms with van der Waals surface area (Å²) in [5, 5.41) is 0. The van der Waals surface area contributed by atoms with Gasteiger partial charge in [-0.15, -0.1) is 0 Å². The molecule has 0 atom stereocenters. The first-order chi connectivity index (χ1) is 8.93. The van der Waals surface area contributed by atoms with Gasteiger partial charge in [0.25, 0.3) is 0 Å². The maximum Gasteiger partial charge on any atom is 0.183 e. The molecule has 0 fully saturated rings. The fraction of sp³-hybridized carbons (Fsp3) is 0. The Kier molecular flexibility index (Phi) is 2.67. The zero-order valence-electron chi connectivity index (χ0n) is 9.41. The topological polar surface area (TPSA) is 75.6 Å².